The van der Waals surface area contributed by atoms with Gasteiger partial charge in [0.1, 0.15) is 0 Å². The fraction of sp³-hybridized carbons (Fsp3) is 0.500. The summed E-state index contributed by atoms with van der Waals surface area (Å²) >= 11 is 5.48. The lowest BCUT2D eigenvalue weighted by atomic mass is 10.1. The number of hydrogen-bond donors (Lipinski definition) is 1. The van der Waals surface area contributed by atoms with Gasteiger partial charge in [0.2, 0.25) is 10.0 Å². The summed E-state index contributed by atoms with van der Waals surface area (Å²) in [4.78, 5) is 0. The zero-order chi connectivity index (χ0) is 12.7. The van der Waals surface area contributed by atoms with Crippen LogP contribution in [0.15, 0.2) is 24.3 Å². The molecule has 0 radical (unpaired) electrons. The first-order chi connectivity index (χ1) is 8.09. The predicted molar refractivity (Wildman–Crippen MR) is 71.8 cm³/mol. The van der Waals surface area contributed by atoms with E-state index in [0.29, 0.717) is 18.8 Å². The molecule has 5 heteroatoms. The number of halogens is 1. The second kappa shape index (κ2) is 6.99. The van der Waals surface area contributed by atoms with Crippen molar-refractivity contribution in [3.05, 3.63) is 35.4 Å². The van der Waals surface area contributed by atoms with Gasteiger partial charge in [-0.05, 0) is 24.0 Å². The van der Waals surface area contributed by atoms with Gasteiger partial charge in [-0.3, -0.25) is 0 Å². The van der Waals surface area contributed by atoms with Gasteiger partial charge in [-0.1, -0.05) is 31.2 Å². The van der Waals surface area contributed by atoms with E-state index < -0.39 is 10.0 Å². The van der Waals surface area contributed by atoms with Crippen molar-refractivity contribution in [3.8, 4) is 0 Å². The molecule has 0 aliphatic rings. The monoisotopic (exact) mass is 275 g/mol. The predicted octanol–water partition coefficient (Wildman–Crippen LogP) is 2.30. The maximum absolute atomic E-state index is 11.6. The molecule has 0 aliphatic carbocycles. The van der Waals surface area contributed by atoms with Crippen LogP contribution in [0.25, 0.3) is 0 Å². The Morgan fingerprint density at radius 3 is 2.47 bits per heavy atom. The Balaban J connectivity index is 2.61. The molecule has 0 atom stereocenters. The Labute approximate surface area is 108 Å². The van der Waals surface area contributed by atoms with E-state index in [1.807, 2.05) is 24.3 Å². The van der Waals surface area contributed by atoms with E-state index >= 15 is 0 Å². The maximum atomic E-state index is 11.6. The van der Waals surface area contributed by atoms with E-state index in [0.717, 1.165) is 12.0 Å². The van der Waals surface area contributed by atoms with Crippen LogP contribution in [-0.4, -0.2) is 20.1 Å². The Bertz CT molecular complexity index is 446. The van der Waals surface area contributed by atoms with Crippen LogP contribution in [-0.2, 0) is 23.0 Å². The summed E-state index contributed by atoms with van der Waals surface area (Å²) in [5, 5.41) is 0. The number of sulfonamides is 1. The van der Waals surface area contributed by atoms with Crippen LogP contribution in [0.4, 0.5) is 0 Å². The molecule has 0 aliphatic heterocycles. The van der Waals surface area contributed by atoms with Crippen molar-refractivity contribution in [2.24, 2.45) is 0 Å². The highest BCUT2D eigenvalue weighted by Gasteiger charge is 2.10. The lowest BCUT2D eigenvalue weighted by Gasteiger charge is -2.09. The number of nitrogens with one attached hydrogen (secondary N) is 1. The third-order valence-corrected chi connectivity index (χ3v) is 4.21. The summed E-state index contributed by atoms with van der Waals surface area (Å²) in [6, 6.07) is 7.84. The van der Waals surface area contributed by atoms with E-state index in [4.69, 9.17) is 11.6 Å². The number of benzene rings is 1. The summed E-state index contributed by atoms with van der Waals surface area (Å²) in [5.74, 6) is 0.456. The number of rotatable bonds is 7. The van der Waals surface area contributed by atoms with E-state index in [1.54, 1.807) is 0 Å². The third kappa shape index (κ3) is 5.06. The lowest BCUT2D eigenvalue weighted by Crippen LogP contribution is -2.26. The summed E-state index contributed by atoms with van der Waals surface area (Å²) in [5.41, 5.74) is 2.21. The van der Waals surface area contributed by atoms with Crippen LogP contribution < -0.4 is 4.72 Å². The molecule has 0 saturated carbocycles. The molecular formula is C12H18ClNO2S. The summed E-state index contributed by atoms with van der Waals surface area (Å²) < 4.78 is 25.8. The van der Waals surface area contributed by atoms with Crippen molar-refractivity contribution < 1.29 is 8.42 Å². The van der Waals surface area contributed by atoms with Gasteiger partial charge in [0.05, 0.1) is 5.75 Å². The van der Waals surface area contributed by atoms with Crippen LogP contribution in [0.5, 0.6) is 0 Å². The van der Waals surface area contributed by atoms with Crippen molar-refractivity contribution in [1.82, 2.24) is 4.72 Å². The zero-order valence-electron chi connectivity index (χ0n) is 9.95. The maximum Gasteiger partial charge on any atom is 0.211 e. The fourth-order valence-electron chi connectivity index (χ4n) is 1.58. The van der Waals surface area contributed by atoms with Crippen molar-refractivity contribution >= 4 is 21.6 Å². The zero-order valence-corrected chi connectivity index (χ0v) is 11.5. The molecule has 0 fully saturated rings. The Kier molecular flexibility index (Phi) is 5.95. The summed E-state index contributed by atoms with van der Waals surface area (Å²) in [7, 11) is -3.20. The van der Waals surface area contributed by atoms with Gasteiger partial charge in [-0.2, -0.15) is 0 Å². The molecule has 1 N–H and O–H groups in total. The highest BCUT2D eigenvalue weighted by atomic mass is 35.5. The lowest BCUT2D eigenvalue weighted by molar-refractivity contribution is 0.580. The normalized spacial score (nSPS) is 11.6. The minimum absolute atomic E-state index is 0.0881. The quantitative estimate of drug-likeness (QED) is 0.776. The van der Waals surface area contributed by atoms with E-state index in [9.17, 15) is 8.42 Å². The van der Waals surface area contributed by atoms with Crippen LogP contribution in [0, 0.1) is 0 Å². The Morgan fingerprint density at radius 2 is 1.88 bits per heavy atom. The van der Waals surface area contributed by atoms with Crippen LogP contribution in [0.2, 0.25) is 0 Å². The molecule has 96 valence electrons. The van der Waals surface area contributed by atoms with Gasteiger partial charge < -0.3 is 0 Å². The molecule has 1 aromatic rings. The van der Waals surface area contributed by atoms with Gasteiger partial charge in [0, 0.05) is 12.4 Å². The molecule has 0 aromatic heterocycles. The fourth-order valence-corrected chi connectivity index (χ4v) is 2.92. The van der Waals surface area contributed by atoms with Gasteiger partial charge in [-0.25, -0.2) is 13.1 Å². The van der Waals surface area contributed by atoms with Crippen LogP contribution >= 0.6 is 11.6 Å². The molecule has 0 heterocycles. The molecule has 0 amide bonds. The van der Waals surface area contributed by atoms with Crippen LogP contribution in [0.1, 0.15) is 24.5 Å². The second-order valence-corrected chi connectivity index (χ2v) is 6.11. The first-order valence-corrected chi connectivity index (χ1v) is 7.88. The number of hydrogen-bond acceptors (Lipinski definition) is 2. The average molecular weight is 276 g/mol. The second-order valence-electron chi connectivity index (χ2n) is 3.80. The minimum Gasteiger partial charge on any atom is -0.212 e. The Morgan fingerprint density at radius 1 is 1.24 bits per heavy atom. The van der Waals surface area contributed by atoms with Crippen molar-refractivity contribution in [2.45, 2.75) is 26.3 Å². The standard InChI is InChI=1S/C12H18ClNO2S/c1-2-11-6-3-4-7-12(11)10-14-17(15,16)9-5-8-13/h3-4,6-7,14H,2,5,8-10H2,1H3. The van der Waals surface area contributed by atoms with Gasteiger partial charge in [0.15, 0.2) is 0 Å². The van der Waals surface area contributed by atoms with E-state index in [1.165, 1.54) is 5.56 Å². The first-order valence-electron chi connectivity index (χ1n) is 5.69. The topological polar surface area (TPSA) is 46.2 Å². The van der Waals surface area contributed by atoms with Gasteiger partial charge in [-0.15, -0.1) is 11.6 Å². The number of alkyl halides is 1. The largest absolute Gasteiger partial charge is 0.212 e. The summed E-state index contributed by atoms with van der Waals surface area (Å²) in [6.45, 7) is 2.41. The Hall–Kier alpha value is -0.580. The minimum atomic E-state index is -3.20. The molecule has 1 rings (SSSR count). The molecule has 1 aromatic carbocycles. The smallest absolute Gasteiger partial charge is 0.211 e. The average Bonchev–Trinajstić information content (AvgIpc) is 2.34. The molecule has 0 spiro atoms. The highest BCUT2D eigenvalue weighted by Crippen LogP contribution is 2.09. The van der Waals surface area contributed by atoms with Crippen molar-refractivity contribution in [2.75, 3.05) is 11.6 Å². The third-order valence-electron chi connectivity index (χ3n) is 2.53. The summed E-state index contributed by atoms with van der Waals surface area (Å²) in [6.07, 6.45) is 1.38. The van der Waals surface area contributed by atoms with Gasteiger partial charge in [0.25, 0.3) is 0 Å². The molecule has 0 unspecified atom stereocenters. The van der Waals surface area contributed by atoms with Crippen LogP contribution in [0.3, 0.4) is 0 Å². The molecule has 3 nitrogen and oxygen atoms in total. The highest BCUT2D eigenvalue weighted by molar-refractivity contribution is 7.89. The van der Waals surface area contributed by atoms with Crippen molar-refractivity contribution in [3.63, 3.8) is 0 Å². The first kappa shape index (κ1) is 14.5. The molecule has 17 heavy (non-hydrogen) atoms. The van der Waals surface area contributed by atoms with E-state index in [2.05, 4.69) is 11.6 Å². The SMILES string of the molecule is CCc1ccccc1CNS(=O)(=O)CCCCl. The molecular weight excluding hydrogens is 258 g/mol. The van der Waals surface area contributed by atoms with Crippen molar-refractivity contribution in [1.29, 1.82) is 0 Å². The van der Waals surface area contributed by atoms with E-state index in [-0.39, 0.29) is 5.75 Å². The molecule has 0 saturated heterocycles. The molecule has 0 bridgehead atoms. The van der Waals surface area contributed by atoms with Gasteiger partial charge >= 0.3 is 0 Å². The number of aryl methyl sites for hydroxylation is 1.